The fourth-order valence-electron chi connectivity index (χ4n) is 3.17. The molecule has 1 heterocycles. The minimum atomic E-state index is 0. The second kappa shape index (κ2) is 10.6. The second-order valence-corrected chi connectivity index (χ2v) is 7.91. The van der Waals surface area contributed by atoms with Crippen LogP contribution in [0.3, 0.4) is 0 Å². The highest BCUT2D eigenvalue weighted by atomic mass is 35.5. The molecule has 2 N–H and O–H groups in total. The summed E-state index contributed by atoms with van der Waals surface area (Å²) in [5, 5.41) is 0.621. The van der Waals surface area contributed by atoms with Gasteiger partial charge in [0.2, 0.25) is 5.91 Å². The lowest BCUT2D eigenvalue weighted by atomic mass is 10.1. The monoisotopic (exact) mass is 390 g/mol. The van der Waals surface area contributed by atoms with Crippen LogP contribution in [-0.4, -0.2) is 29.1 Å². The van der Waals surface area contributed by atoms with E-state index in [1.165, 1.54) is 10.5 Å². The van der Waals surface area contributed by atoms with Crippen LogP contribution < -0.4 is 5.73 Å². The van der Waals surface area contributed by atoms with Crippen molar-refractivity contribution in [2.45, 2.75) is 42.4 Å². The van der Waals surface area contributed by atoms with Crippen LogP contribution in [0.1, 0.15) is 30.4 Å². The van der Waals surface area contributed by atoms with Gasteiger partial charge in [0, 0.05) is 36.2 Å². The molecule has 3 nitrogen and oxygen atoms in total. The Hall–Kier alpha value is -1.49. The fraction of sp³-hybridized carbons (Fsp3) is 0.381. The van der Waals surface area contributed by atoms with E-state index in [0.29, 0.717) is 18.2 Å². The van der Waals surface area contributed by atoms with Gasteiger partial charge < -0.3 is 10.6 Å². The largest absolute Gasteiger partial charge is 0.343 e. The predicted molar refractivity (Wildman–Crippen MR) is 112 cm³/mol. The number of thioether (sulfide) groups is 1. The molecule has 26 heavy (non-hydrogen) atoms. The number of nitrogens with two attached hydrogens (primary N) is 1. The average Bonchev–Trinajstić information content (AvgIpc) is 2.68. The van der Waals surface area contributed by atoms with Gasteiger partial charge in [0.1, 0.15) is 0 Å². The Kier molecular flexibility index (Phi) is 8.49. The first-order valence-corrected chi connectivity index (χ1v) is 9.90. The number of hydrogen-bond donors (Lipinski definition) is 1. The molecule has 0 saturated carbocycles. The van der Waals surface area contributed by atoms with Crippen molar-refractivity contribution in [1.29, 1.82) is 0 Å². The molecule has 0 spiro atoms. The molecule has 2 aromatic carbocycles. The zero-order chi connectivity index (χ0) is 17.5. The Morgan fingerprint density at radius 1 is 1.00 bits per heavy atom. The number of nitrogens with zero attached hydrogens (tertiary/aromatic N) is 1. The molecule has 0 aromatic heterocycles. The topological polar surface area (TPSA) is 46.3 Å². The molecule has 1 amide bonds. The zero-order valence-electron chi connectivity index (χ0n) is 15.0. The van der Waals surface area contributed by atoms with Crippen molar-refractivity contribution < 1.29 is 4.79 Å². The summed E-state index contributed by atoms with van der Waals surface area (Å²) in [6, 6.07) is 18.8. The van der Waals surface area contributed by atoms with E-state index >= 15 is 0 Å². The quantitative estimate of drug-likeness (QED) is 0.800. The molecular formula is C21H27ClN2OS. The van der Waals surface area contributed by atoms with Gasteiger partial charge in [-0.05, 0) is 42.5 Å². The van der Waals surface area contributed by atoms with Gasteiger partial charge in [-0.25, -0.2) is 0 Å². The molecule has 5 heteroatoms. The lowest BCUT2D eigenvalue weighted by Crippen LogP contribution is -2.39. The Balaban J connectivity index is 0.00000243. The average molecular weight is 391 g/mol. The van der Waals surface area contributed by atoms with Crippen molar-refractivity contribution in [3.63, 3.8) is 0 Å². The summed E-state index contributed by atoms with van der Waals surface area (Å²) in [5.41, 5.74) is 7.96. The van der Waals surface area contributed by atoms with Crippen LogP contribution in [-0.2, 0) is 17.8 Å². The normalized spacial score (nSPS) is 14.7. The summed E-state index contributed by atoms with van der Waals surface area (Å²) in [6.07, 6.45) is 3.56. The van der Waals surface area contributed by atoms with Gasteiger partial charge in [-0.2, -0.15) is 0 Å². The summed E-state index contributed by atoms with van der Waals surface area (Å²) in [4.78, 5) is 15.8. The lowest BCUT2D eigenvalue weighted by Gasteiger charge is -2.31. The highest BCUT2D eigenvalue weighted by molar-refractivity contribution is 8.00. The number of rotatable bonds is 6. The van der Waals surface area contributed by atoms with Crippen molar-refractivity contribution in [3.05, 3.63) is 65.7 Å². The fourth-order valence-corrected chi connectivity index (χ4v) is 4.31. The summed E-state index contributed by atoms with van der Waals surface area (Å²) in [7, 11) is 0. The summed E-state index contributed by atoms with van der Waals surface area (Å²) in [5.74, 6) is 0.283. The van der Waals surface area contributed by atoms with Crippen molar-refractivity contribution >= 4 is 30.1 Å². The minimum Gasteiger partial charge on any atom is -0.343 e. The molecule has 1 fully saturated rings. The first-order chi connectivity index (χ1) is 12.2. The van der Waals surface area contributed by atoms with Crippen LogP contribution in [0.2, 0.25) is 0 Å². The summed E-state index contributed by atoms with van der Waals surface area (Å²) >= 11 is 1.94. The number of amides is 1. The van der Waals surface area contributed by atoms with Crippen LogP contribution in [0.4, 0.5) is 0 Å². The number of hydrogen-bond acceptors (Lipinski definition) is 3. The van der Waals surface area contributed by atoms with Crippen LogP contribution in [0, 0.1) is 0 Å². The van der Waals surface area contributed by atoms with Gasteiger partial charge in [-0.3, -0.25) is 4.79 Å². The number of piperidine rings is 1. The Morgan fingerprint density at radius 2 is 1.62 bits per heavy atom. The third-order valence-corrected chi connectivity index (χ3v) is 6.08. The Labute approximate surface area is 166 Å². The van der Waals surface area contributed by atoms with Gasteiger partial charge in [0.15, 0.2) is 0 Å². The van der Waals surface area contributed by atoms with Crippen LogP contribution >= 0.6 is 24.2 Å². The van der Waals surface area contributed by atoms with E-state index in [1.54, 1.807) is 0 Å². The van der Waals surface area contributed by atoms with Crippen LogP contribution in [0.15, 0.2) is 59.5 Å². The highest BCUT2D eigenvalue weighted by Gasteiger charge is 2.23. The van der Waals surface area contributed by atoms with E-state index in [4.69, 9.17) is 5.73 Å². The molecule has 2 aromatic rings. The van der Waals surface area contributed by atoms with Gasteiger partial charge in [0.25, 0.3) is 0 Å². The SMILES string of the molecule is Cl.NCc1ccc(CCC(=O)N2CCC(Sc3ccccc3)CC2)cc1. The first-order valence-electron chi connectivity index (χ1n) is 9.02. The molecule has 0 unspecified atom stereocenters. The third-order valence-electron chi connectivity index (χ3n) is 4.73. The van der Waals surface area contributed by atoms with E-state index in [2.05, 4.69) is 42.5 Å². The predicted octanol–water partition coefficient (Wildman–Crippen LogP) is 4.28. The summed E-state index contributed by atoms with van der Waals surface area (Å²) in [6.45, 7) is 2.33. The lowest BCUT2D eigenvalue weighted by molar-refractivity contribution is -0.131. The van der Waals surface area contributed by atoms with Crippen LogP contribution in [0.25, 0.3) is 0 Å². The van der Waals surface area contributed by atoms with E-state index in [0.717, 1.165) is 37.9 Å². The molecule has 1 saturated heterocycles. The van der Waals surface area contributed by atoms with Crippen LogP contribution in [0.5, 0.6) is 0 Å². The van der Waals surface area contributed by atoms with Crippen molar-refractivity contribution in [2.75, 3.05) is 13.1 Å². The van der Waals surface area contributed by atoms with E-state index < -0.39 is 0 Å². The molecule has 140 valence electrons. The standard InChI is InChI=1S/C21H26N2OS.ClH/c22-16-18-8-6-17(7-9-18)10-11-21(24)23-14-12-20(13-15-23)25-19-4-2-1-3-5-19;/h1-9,20H,10-16,22H2;1H. The molecule has 3 rings (SSSR count). The maximum atomic E-state index is 12.5. The van der Waals surface area contributed by atoms with Gasteiger partial charge >= 0.3 is 0 Å². The van der Waals surface area contributed by atoms with E-state index in [-0.39, 0.29) is 18.3 Å². The summed E-state index contributed by atoms with van der Waals surface area (Å²) < 4.78 is 0. The molecule has 0 aliphatic carbocycles. The van der Waals surface area contributed by atoms with E-state index in [1.807, 2.05) is 28.8 Å². The highest BCUT2D eigenvalue weighted by Crippen LogP contribution is 2.30. The molecular weight excluding hydrogens is 364 g/mol. The maximum absolute atomic E-state index is 12.5. The number of aryl methyl sites for hydroxylation is 1. The maximum Gasteiger partial charge on any atom is 0.222 e. The number of carbonyl (C=O) groups is 1. The van der Waals surface area contributed by atoms with Crippen molar-refractivity contribution in [1.82, 2.24) is 4.90 Å². The molecule has 1 aliphatic rings. The number of benzene rings is 2. The number of halogens is 1. The molecule has 0 atom stereocenters. The molecule has 0 bridgehead atoms. The van der Waals surface area contributed by atoms with Gasteiger partial charge in [-0.15, -0.1) is 24.2 Å². The zero-order valence-corrected chi connectivity index (χ0v) is 16.6. The number of carbonyl (C=O) groups excluding carboxylic acids is 1. The minimum absolute atomic E-state index is 0. The number of likely N-dealkylation sites (tertiary alicyclic amines) is 1. The van der Waals surface area contributed by atoms with Gasteiger partial charge in [-0.1, -0.05) is 42.5 Å². The third kappa shape index (κ3) is 6.04. The smallest absolute Gasteiger partial charge is 0.222 e. The Bertz CT molecular complexity index is 670. The molecule has 0 radical (unpaired) electrons. The Morgan fingerprint density at radius 3 is 2.23 bits per heavy atom. The second-order valence-electron chi connectivity index (χ2n) is 6.53. The van der Waals surface area contributed by atoms with Crippen molar-refractivity contribution in [3.8, 4) is 0 Å². The van der Waals surface area contributed by atoms with Gasteiger partial charge in [0.05, 0.1) is 0 Å². The van der Waals surface area contributed by atoms with Crippen molar-refractivity contribution in [2.24, 2.45) is 5.73 Å². The molecule has 1 aliphatic heterocycles. The van der Waals surface area contributed by atoms with E-state index in [9.17, 15) is 4.79 Å². The first kappa shape index (κ1) is 20.8.